The number of thiophene rings is 1. The van der Waals surface area contributed by atoms with Gasteiger partial charge in [0.25, 0.3) is 0 Å². The minimum Gasteiger partial charge on any atom is -0.334 e. The van der Waals surface area contributed by atoms with E-state index in [1.807, 2.05) is 38.3 Å². The molecule has 0 radical (unpaired) electrons. The fourth-order valence-electron chi connectivity index (χ4n) is 2.70. The van der Waals surface area contributed by atoms with E-state index >= 15 is 0 Å². The number of sulfonamides is 1. The molecule has 1 aromatic heterocycles. The van der Waals surface area contributed by atoms with Crippen LogP contribution in [-0.4, -0.2) is 43.3 Å². The Morgan fingerprint density at radius 3 is 2.22 bits per heavy atom. The van der Waals surface area contributed by atoms with E-state index in [4.69, 9.17) is 0 Å². The highest BCUT2D eigenvalue weighted by Crippen LogP contribution is 2.16. The van der Waals surface area contributed by atoms with Crippen LogP contribution in [0, 0.1) is 0 Å². The first-order valence-corrected chi connectivity index (χ1v) is 11.4. The Morgan fingerprint density at radius 2 is 1.70 bits per heavy atom. The monoisotopic (exact) mass is 409 g/mol. The van der Waals surface area contributed by atoms with Crippen LogP contribution in [0.4, 0.5) is 4.79 Å². The van der Waals surface area contributed by atoms with Crippen molar-refractivity contribution in [2.45, 2.75) is 38.8 Å². The molecule has 2 amide bonds. The maximum absolute atomic E-state index is 12.5. The first-order chi connectivity index (χ1) is 12.9. The van der Waals surface area contributed by atoms with Crippen molar-refractivity contribution in [3.8, 4) is 0 Å². The molecule has 0 aliphatic heterocycles. The largest absolute Gasteiger partial charge is 0.334 e. The van der Waals surface area contributed by atoms with Gasteiger partial charge in [-0.05, 0) is 36.1 Å². The third kappa shape index (κ3) is 5.54. The molecule has 0 spiro atoms. The number of nitrogens with zero attached hydrogens (tertiary/aromatic N) is 2. The van der Waals surface area contributed by atoms with Crippen molar-refractivity contribution < 1.29 is 13.2 Å². The fourth-order valence-corrected chi connectivity index (χ4v) is 4.88. The van der Waals surface area contributed by atoms with Crippen molar-refractivity contribution in [2.24, 2.45) is 0 Å². The van der Waals surface area contributed by atoms with Crippen LogP contribution in [0.15, 0.2) is 46.7 Å². The SMILES string of the molecule is CCN(Cc1cccs1)C(=O)NCc1ccc(S(=O)(=O)N(CC)CC)cc1. The molecule has 27 heavy (non-hydrogen) atoms. The molecule has 0 saturated carbocycles. The van der Waals surface area contributed by atoms with E-state index in [0.717, 1.165) is 10.4 Å². The molecule has 0 saturated heterocycles. The number of benzene rings is 1. The Labute approximate surface area is 165 Å². The molecule has 0 unspecified atom stereocenters. The number of hydrogen-bond donors (Lipinski definition) is 1. The summed E-state index contributed by atoms with van der Waals surface area (Å²) in [6.45, 7) is 8.01. The number of rotatable bonds is 9. The summed E-state index contributed by atoms with van der Waals surface area (Å²) < 4.78 is 26.4. The summed E-state index contributed by atoms with van der Waals surface area (Å²) in [6, 6.07) is 10.5. The van der Waals surface area contributed by atoms with E-state index in [-0.39, 0.29) is 10.9 Å². The van der Waals surface area contributed by atoms with Crippen molar-refractivity contribution in [1.82, 2.24) is 14.5 Å². The predicted octanol–water partition coefficient (Wildman–Crippen LogP) is 3.51. The number of nitrogens with one attached hydrogen (secondary N) is 1. The van der Waals surface area contributed by atoms with E-state index in [1.54, 1.807) is 40.5 Å². The maximum atomic E-state index is 12.5. The summed E-state index contributed by atoms with van der Waals surface area (Å²) in [7, 11) is -3.46. The topological polar surface area (TPSA) is 69.7 Å². The molecule has 1 aromatic carbocycles. The van der Waals surface area contributed by atoms with Crippen molar-refractivity contribution in [3.63, 3.8) is 0 Å². The van der Waals surface area contributed by atoms with Gasteiger partial charge in [-0.25, -0.2) is 13.2 Å². The van der Waals surface area contributed by atoms with Crippen LogP contribution in [0.3, 0.4) is 0 Å². The van der Waals surface area contributed by atoms with Gasteiger partial charge in [0.05, 0.1) is 11.4 Å². The lowest BCUT2D eigenvalue weighted by Crippen LogP contribution is -2.38. The highest BCUT2D eigenvalue weighted by Gasteiger charge is 2.21. The molecule has 2 aromatic rings. The van der Waals surface area contributed by atoms with Gasteiger partial charge in [0, 0.05) is 31.1 Å². The average Bonchev–Trinajstić information content (AvgIpc) is 3.18. The van der Waals surface area contributed by atoms with E-state index in [1.165, 1.54) is 4.31 Å². The number of amides is 2. The first kappa shape index (κ1) is 21.4. The second kappa shape index (κ2) is 9.87. The number of hydrogen-bond acceptors (Lipinski definition) is 4. The Bertz CT molecular complexity index is 814. The van der Waals surface area contributed by atoms with Gasteiger partial charge in [0.1, 0.15) is 0 Å². The zero-order chi connectivity index (χ0) is 19.9. The van der Waals surface area contributed by atoms with Crippen LogP contribution < -0.4 is 5.32 Å². The van der Waals surface area contributed by atoms with E-state index in [9.17, 15) is 13.2 Å². The zero-order valence-electron chi connectivity index (χ0n) is 16.0. The smallest absolute Gasteiger partial charge is 0.317 e. The highest BCUT2D eigenvalue weighted by atomic mass is 32.2. The maximum Gasteiger partial charge on any atom is 0.317 e. The quantitative estimate of drug-likeness (QED) is 0.689. The van der Waals surface area contributed by atoms with Crippen molar-refractivity contribution in [2.75, 3.05) is 19.6 Å². The van der Waals surface area contributed by atoms with Crippen LogP contribution in [0.2, 0.25) is 0 Å². The Morgan fingerprint density at radius 1 is 1.04 bits per heavy atom. The fraction of sp³-hybridized carbons (Fsp3) is 0.421. The molecule has 1 heterocycles. The molecule has 0 fully saturated rings. The molecule has 1 N–H and O–H groups in total. The molecule has 0 bridgehead atoms. The second-order valence-electron chi connectivity index (χ2n) is 5.99. The van der Waals surface area contributed by atoms with Gasteiger partial charge in [0.2, 0.25) is 10.0 Å². The normalized spacial score (nSPS) is 11.6. The summed E-state index contributed by atoms with van der Waals surface area (Å²) >= 11 is 1.63. The van der Waals surface area contributed by atoms with Gasteiger partial charge in [0.15, 0.2) is 0 Å². The third-order valence-corrected chi connectivity index (χ3v) is 7.23. The van der Waals surface area contributed by atoms with Crippen molar-refractivity contribution in [1.29, 1.82) is 0 Å². The van der Waals surface area contributed by atoms with E-state index in [0.29, 0.717) is 32.7 Å². The Kier molecular flexibility index (Phi) is 7.82. The lowest BCUT2D eigenvalue weighted by atomic mass is 10.2. The molecular formula is C19H27N3O3S2. The van der Waals surface area contributed by atoms with Crippen molar-refractivity contribution in [3.05, 3.63) is 52.2 Å². The predicted molar refractivity (Wildman–Crippen MR) is 109 cm³/mol. The molecule has 0 atom stereocenters. The van der Waals surface area contributed by atoms with Gasteiger partial charge >= 0.3 is 6.03 Å². The van der Waals surface area contributed by atoms with Gasteiger partial charge in [-0.15, -0.1) is 11.3 Å². The number of carbonyl (C=O) groups is 1. The van der Waals surface area contributed by atoms with Gasteiger partial charge in [-0.1, -0.05) is 32.0 Å². The molecular weight excluding hydrogens is 382 g/mol. The minimum atomic E-state index is -3.46. The summed E-state index contributed by atoms with van der Waals surface area (Å²) in [5.41, 5.74) is 0.856. The van der Waals surface area contributed by atoms with Crippen LogP contribution in [0.5, 0.6) is 0 Å². The number of urea groups is 1. The van der Waals surface area contributed by atoms with Gasteiger partial charge < -0.3 is 10.2 Å². The standard InChI is InChI=1S/C19H27N3O3S2/c1-4-21(15-17-8-7-13-26-17)19(23)20-14-16-9-11-18(12-10-16)27(24,25)22(5-2)6-3/h7-13H,4-6,14-15H2,1-3H3,(H,20,23). The highest BCUT2D eigenvalue weighted by molar-refractivity contribution is 7.89. The number of carbonyl (C=O) groups excluding carboxylic acids is 1. The molecule has 2 rings (SSSR count). The lowest BCUT2D eigenvalue weighted by molar-refractivity contribution is 0.198. The summed E-state index contributed by atoms with van der Waals surface area (Å²) in [4.78, 5) is 15.5. The van der Waals surface area contributed by atoms with Crippen LogP contribution in [0.1, 0.15) is 31.2 Å². The van der Waals surface area contributed by atoms with Crippen LogP contribution >= 0.6 is 11.3 Å². The molecule has 148 valence electrons. The summed E-state index contributed by atoms with van der Waals surface area (Å²) in [5, 5.41) is 4.89. The van der Waals surface area contributed by atoms with Gasteiger partial charge in [-0.2, -0.15) is 4.31 Å². The molecule has 0 aliphatic carbocycles. The molecule has 0 aliphatic rings. The van der Waals surface area contributed by atoms with E-state index < -0.39 is 10.0 Å². The Balaban J connectivity index is 1.97. The molecule has 8 heteroatoms. The third-order valence-electron chi connectivity index (χ3n) is 4.31. The summed E-state index contributed by atoms with van der Waals surface area (Å²) in [6.07, 6.45) is 0. The Hall–Kier alpha value is -1.90. The lowest BCUT2D eigenvalue weighted by Gasteiger charge is -2.21. The average molecular weight is 410 g/mol. The van der Waals surface area contributed by atoms with Crippen LogP contribution in [0.25, 0.3) is 0 Å². The van der Waals surface area contributed by atoms with E-state index in [2.05, 4.69) is 5.32 Å². The second-order valence-corrected chi connectivity index (χ2v) is 8.96. The van der Waals surface area contributed by atoms with Gasteiger partial charge in [-0.3, -0.25) is 0 Å². The summed E-state index contributed by atoms with van der Waals surface area (Å²) in [5.74, 6) is 0. The first-order valence-electron chi connectivity index (χ1n) is 9.06. The minimum absolute atomic E-state index is 0.134. The zero-order valence-corrected chi connectivity index (χ0v) is 17.6. The molecule has 6 nitrogen and oxygen atoms in total. The van der Waals surface area contributed by atoms with Crippen molar-refractivity contribution >= 4 is 27.4 Å². The van der Waals surface area contributed by atoms with Crippen LogP contribution in [-0.2, 0) is 23.1 Å².